The van der Waals surface area contributed by atoms with Gasteiger partial charge in [0.25, 0.3) is 0 Å². The average molecular weight is 889 g/mol. The second-order valence-electron chi connectivity index (χ2n) is 16.7. The molecule has 0 fully saturated rings. The standard InChI is InChI=1S/C55H56N2O9/c1-35(2)53(51(60)45-19-11-9-15-39(45)17-13-29-56-33-37(5)31-47(56)49(58)41-21-25-43(63-7)26-22-41)65-55(62)66-54(36(3)4)52(61)46-20-12-10-16-40(46)18-14-30-57-34-38(6)32-48(57)50(59)42-23-27-44(64-8)28-24-42/h9-28,31-36,53-54H,29-30H2,1-8H3/b17-13+,18-14+. The normalized spacial score (nSPS) is 12.4. The molecule has 0 radical (unpaired) electrons. The van der Waals surface area contributed by atoms with Crippen LogP contribution in [0.2, 0.25) is 0 Å². The van der Waals surface area contributed by atoms with Gasteiger partial charge in [0.15, 0.2) is 12.2 Å². The van der Waals surface area contributed by atoms with Crippen molar-refractivity contribution >= 4 is 41.4 Å². The number of hydrogen-bond donors (Lipinski definition) is 0. The Bertz CT molecular complexity index is 2560. The van der Waals surface area contributed by atoms with E-state index in [-0.39, 0.29) is 11.6 Å². The molecule has 2 aromatic heterocycles. The molecule has 6 aromatic rings. The van der Waals surface area contributed by atoms with Gasteiger partial charge < -0.3 is 28.1 Å². The number of Topliss-reactive ketones (excluding diaryl/α,β-unsaturated/α-hetero) is 2. The summed E-state index contributed by atoms with van der Waals surface area (Å²) in [6, 6.07) is 31.6. The van der Waals surface area contributed by atoms with Gasteiger partial charge in [0.05, 0.1) is 25.6 Å². The Kier molecular flexibility index (Phi) is 15.9. The van der Waals surface area contributed by atoms with Crippen molar-refractivity contribution in [2.75, 3.05) is 14.2 Å². The van der Waals surface area contributed by atoms with Crippen LogP contribution < -0.4 is 9.47 Å². The molecular formula is C55H56N2O9. The number of allylic oxidation sites excluding steroid dienone is 2. The first-order chi connectivity index (χ1) is 31.7. The van der Waals surface area contributed by atoms with Crippen molar-refractivity contribution in [3.05, 3.63) is 190 Å². The topological polar surface area (TPSA) is 132 Å². The fourth-order valence-electron chi connectivity index (χ4n) is 7.62. The fourth-order valence-corrected chi connectivity index (χ4v) is 7.62. The first-order valence-electron chi connectivity index (χ1n) is 21.9. The molecule has 0 saturated carbocycles. The molecule has 0 spiro atoms. The van der Waals surface area contributed by atoms with Gasteiger partial charge in [-0.05, 0) is 109 Å². The molecule has 11 nitrogen and oxygen atoms in total. The zero-order chi connectivity index (χ0) is 47.5. The first-order valence-corrected chi connectivity index (χ1v) is 21.9. The zero-order valence-corrected chi connectivity index (χ0v) is 38.6. The molecule has 11 heteroatoms. The second kappa shape index (κ2) is 21.9. The summed E-state index contributed by atoms with van der Waals surface area (Å²) in [5, 5.41) is 0. The molecule has 0 aliphatic carbocycles. The van der Waals surface area contributed by atoms with Gasteiger partial charge in [0, 0.05) is 47.7 Å². The number of methoxy groups -OCH3 is 2. The molecule has 6 rings (SSSR count). The number of aromatic nitrogens is 2. The SMILES string of the molecule is COc1ccc(C(=O)c2cc(C)cn2C/C=C/c2ccccc2C(=O)C(OC(=O)OC(C(=O)c2ccccc2/C=C/Cn2cc(C)cc2C(=O)c2ccc(OC)cc2)C(C)C)C(C)C)cc1. The van der Waals surface area contributed by atoms with E-state index in [9.17, 15) is 24.0 Å². The maximum Gasteiger partial charge on any atom is 0.509 e. The van der Waals surface area contributed by atoms with E-state index in [1.807, 2.05) is 71.8 Å². The van der Waals surface area contributed by atoms with Gasteiger partial charge in [-0.25, -0.2) is 4.79 Å². The van der Waals surface area contributed by atoms with Gasteiger partial charge in [-0.1, -0.05) is 101 Å². The van der Waals surface area contributed by atoms with Crippen LogP contribution in [0.5, 0.6) is 11.5 Å². The second-order valence-corrected chi connectivity index (χ2v) is 16.7. The number of nitrogens with zero attached hydrogens (tertiary/aromatic N) is 2. The van der Waals surface area contributed by atoms with Crippen molar-refractivity contribution in [1.29, 1.82) is 0 Å². The Labute approximate surface area is 386 Å². The Morgan fingerprint density at radius 3 is 1.24 bits per heavy atom. The van der Waals surface area contributed by atoms with E-state index in [2.05, 4.69) is 0 Å². The molecule has 0 N–H and O–H groups in total. The summed E-state index contributed by atoms with van der Waals surface area (Å²) in [5.41, 5.74) is 5.84. The predicted octanol–water partition coefficient (Wildman–Crippen LogP) is 11.1. The Hall–Kier alpha value is -7.53. The Morgan fingerprint density at radius 1 is 0.530 bits per heavy atom. The van der Waals surface area contributed by atoms with E-state index < -0.39 is 41.8 Å². The lowest BCUT2D eigenvalue weighted by atomic mass is 9.94. The number of ether oxygens (including phenoxy) is 4. The summed E-state index contributed by atoms with van der Waals surface area (Å²) < 4.78 is 25.7. The van der Waals surface area contributed by atoms with E-state index >= 15 is 0 Å². The summed E-state index contributed by atoms with van der Waals surface area (Å²) in [5.74, 6) is -0.673. The minimum absolute atomic E-state index is 0.129. The van der Waals surface area contributed by atoms with Crippen LogP contribution in [0.4, 0.5) is 4.79 Å². The van der Waals surface area contributed by atoms with E-state index in [1.165, 1.54) is 0 Å². The van der Waals surface area contributed by atoms with Crippen molar-refractivity contribution in [3.63, 3.8) is 0 Å². The van der Waals surface area contributed by atoms with Crippen LogP contribution >= 0.6 is 0 Å². The highest BCUT2D eigenvalue weighted by Crippen LogP contribution is 2.25. The molecule has 2 unspecified atom stereocenters. The maximum absolute atomic E-state index is 14.2. The third kappa shape index (κ3) is 11.6. The van der Waals surface area contributed by atoms with Gasteiger partial charge in [0.2, 0.25) is 23.1 Å². The Balaban J connectivity index is 1.13. The molecule has 66 heavy (non-hydrogen) atoms. The lowest BCUT2D eigenvalue weighted by molar-refractivity contribution is -0.0139. The summed E-state index contributed by atoms with van der Waals surface area (Å²) in [6.45, 7) is 11.6. The smallest absolute Gasteiger partial charge is 0.497 e. The minimum atomic E-state index is -1.22. The largest absolute Gasteiger partial charge is 0.509 e. The highest BCUT2D eigenvalue weighted by Gasteiger charge is 2.34. The fraction of sp³-hybridized carbons (Fsp3) is 0.255. The quantitative estimate of drug-likeness (QED) is 0.0543. The lowest BCUT2D eigenvalue weighted by Crippen LogP contribution is -2.37. The van der Waals surface area contributed by atoms with Crippen LogP contribution in [0.25, 0.3) is 12.2 Å². The molecule has 0 saturated heterocycles. The average Bonchev–Trinajstić information content (AvgIpc) is 3.89. The number of carbonyl (C=O) groups excluding carboxylic acids is 5. The number of carbonyl (C=O) groups is 5. The summed E-state index contributed by atoms with van der Waals surface area (Å²) in [6.07, 6.45) is 7.57. The molecular weight excluding hydrogens is 833 g/mol. The van der Waals surface area contributed by atoms with Crippen molar-refractivity contribution in [1.82, 2.24) is 9.13 Å². The lowest BCUT2D eigenvalue weighted by Gasteiger charge is -2.24. The molecule has 0 amide bonds. The molecule has 4 aromatic carbocycles. The van der Waals surface area contributed by atoms with Gasteiger partial charge in [-0.15, -0.1) is 0 Å². The van der Waals surface area contributed by atoms with Crippen molar-refractivity contribution < 1.29 is 42.9 Å². The van der Waals surface area contributed by atoms with Crippen LogP contribution in [-0.2, 0) is 22.6 Å². The molecule has 0 aliphatic heterocycles. The maximum atomic E-state index is 14.2. The van der Waals surface area contributed by atoms with Gasteiger partial charge in [0.1, 0.15) is 11.5 Å². The molecule has 0 bridgehead atoms. The van der Waals surface area contributed by atoms with Gasteiger partial charge >= 0.3 is 6.16 Å². The van der Waals surface area contributed by atoms with E-state index in [1.54, 1.807) is 139 Å². The number of rotatable bonds is 20. The van der Waals surface area contributed by atoms with Crippen molar-refractivity contribution in [3.8, 4) is 11.5 Å². The van der Waals surface area contributed by atoms with Crippen LogP contribution in [0, 0.1) is 25.7 Å². The van der Waals surface area contributed by atoms with Crippen LogP contribution in [0.3, 0.4) is 0 Å². The van der Waals surface area contributed by atoms with Crippen LogP contribution in [-0.4, -0.2) is 64.9 Å². The van der Waals surface area contributed by atoms with Gasteiger partial charge in [-0.3, -0.25) is 19.2 Å². The predicted molar refractivity (Wildman–Crippen MR) is 256 cm³/mol. The minimum Gasteiger partial charge on any atom is -0.497 e. The summed E-state index contributed by atoms with van der Waals surface area (Å²) in [7, 11) is 3.15. The Morgan fingerprint density at radius 2 is 0.894 bits per heavy atom. The third-order valence-electron chi connectivity index (χ3n) is 11.1. The van der Waals surface area contributed by atoms with Crippen LogP contribution in [0.1, 0.15) is 103 Å². The van der Waals surface area contributed by atoms with Crippen molar-refractivity contribution in [2.24, 2.45) is 11.8 Å². The van der Waals surface area contributed by atoms with Crippen LogP contribution in [0.15, 0.2) is 134 Å². The highest BCUT2D eigenvalue weighted by molar-refractivity contribution is 6.09. The highest BCUT2D eigenvalue weighted by atomic mass is 16.7. The summed E-state index contributed by atoms with van der Waals surface area (Å²) in [4.78, 5) is 68.8. The zero-order valence-electron chi connectivity index (χ0n) is 38.6. The molecule has 340 valence electrons. The van der Waals surface area contributed by atoms with Gasteiger partial charge in [-0.2, -0.15) is 0 Å². The molecule has 0 aliphatic rings. The monoisotopic (exact) mass is 888 g/mol. The number of hydrogen-bond acceptors (Lipinski definition) is 9. The van der Waals surface area contributed by atoms with E-state index in [4.69, 9.17) is 18.9 Å². The number of benzene rings is 4. The van der Waals surface area contributed by atoms with Crippen molar-refractivity contribution in [2.45, 2.75) is 66.8 Å². The summed E-state index contributed by atoms with van der Waals surface area (Å²) >= 11 is 0. The van der Waals surface area contributed by atoms with E-state index in [0.29, 0.717) is 69.4 Å². The molecule has 2 heterocycles. The third-order valence-corrected chi connectivity index (χ3v) is 11.1. The number of aryl methyl sites for hydroxylation is 2. The van der Waals surface area contributed by atoms with E-state index in [0.717, 1.165) is 11.1 Å². The number of ketones is 4. The first kappa shape index (κ1) is 47.9. The molecule has 2 atom stereocenters.